The van der Waals surface area contributed by atoms with Crippen LogP contribution in [0.1, 0.15) is 5.56 Å². The number of hydrogen-bond acceptors (Lipinski definition) is 2. The molecule has 0 aliphatic carbocycles. The van der Waals surface area contributed by atoms with Crippen LogP contribution < -0.4 is 10.6 Å². The first kappa shape index (κ1) is 8.63. The second-order valence-corrected chi connectivity index (χ2v) is 3.23. The zero-order valence-electron chi connectivity index (χ0n) is 7.93. The van der Waals surface area contributed by atoms with E-state index in [1.165, 1.54) is 0 Å². The van der Waals surface area contributed by atoms with E-state index in [-0.39, 0.29) is 0 Å². The lowest BCUT2D eigenvalue weighted by molar-refractivity contribution is 1.13. The van der Waals surface area contributed by atoms with Gasteiger partial charge in [-0.3, -0.25) is 0 Å². The van der Waals surface area contributed by atoms with Crippen LogP contribution in [0.25, 0.3) is 5.70 Å². The van der Waals surface area contributed by atoms with Crippen LogP contribution in [-0.4, -0.2) is 0 Å². The molecular formula is C12H12N2. The average Bonchev–Trinajstić information content (AvgIpc) is 2.27. The van der Waals surface area contributed by atoms with Gasteiger partial charge in [0, 0.05) is 16.9 Å². The monoisotopic (exact) mass is 184 g/mol. The molecule has 1 heterocycles. The summed E-state index contributed by atoms with van der Waals surface area (Å²) < 4.78 is 0. The topological polar surface area (TPSA) is 24.1 Å². The largest absolute Gasteiger partial charge is 0.354 e. The zero-order valence-corrected chi connectivity index (χ0v) is 7.93. The Hall–Kier alpha value is -1.96. The van der Waals surface area contributed by atoms with Crippen molar-refractivity contribution in [1.82, 2.24) is 5.32 Å². The molecule has 1 aliphatic rings. The quantitative estimate of drug-likeness (QED) is 0.647. The first-order valence-electron chi connectivity index (χ1n) is 4.39. The molecule has 0 spiro atoms. The third-order valence-corrected chi connectivity index (χ3v) is 2.20. The fourth-order valence-corrected chi connectivity index (χ4v) is 1.42. The number of para-hydroxylation sites is 1. The summed E-state index contributed by atoms with van der Waals surface area (Å²) in [6, 6.07) is 7.94. The summed E-state index contributed by atoms with van der Waals surface area (Å²) in [5.41, 5.74) is 4.43. The maximum atomic E-state index is 3.95. The Balaban J connectivity index is 2.53. The van der Waals surface area contributed by atoms with Crippen molar-refractivity contribution in [2.45, 2.75) is 0 Å². The molecule has 0 saturated heterocycles. The van der Waals surface area contributed by atoms with Gasteiger partial charge in [-0.15, -0.1) is 0 Å². The molecule has 1 aromatic carbocycles. The number of hydrogen-bond donors (Lipinski definition) is 2. The van der Waals surface area contributed by atoms with Gasteiger partial charge in [0.2, 0.25) is 0 Å². The van der Waals surface area contributed by atoms with Gasteiger partial charge < -0.3 is 10.6 Å². The molecule has 0 unspecified atom stereocenters. The maximum absolute atomic E-state index is 3.95. The lowest BCUT2D eigenvalue weighted by Gasteiger charge is -2.07. The third kappa shape index (κ3) is 1.31. The van der Waals surface area contributed by atoms with Crippen LogP contribution >= 0.6 is 0 Å². The number of fused-ring (bicyclic) bond motifs is 1. The summed E-state index contributed by atoms with van der Waals surface area (Å²) in [7, 11) is 0. The Morgan fingerprint density at radius 3 is 2.21 bits per heavy atom. The highest BCUT2D eigenvalue weighted by Gasteiger charge is 2.12. The van der Waals surface area contributed by atoms with E-state index in [1.54, 1.807) is 0 Å². The van der Waals surface area contributed by atoms with Gasteiger partial charge in [0.1, 0.15) is 0 Å². The second-order valence-electron chi connectivity index (χ2n) is 3.23. The van der Waals surface area contributed by atoms with E-state index in [2.05, 4.69) is 30.4 Å². The number of nitrogens with one attached hydrogen (secondary N) is 2. The number of benzene rings is 1. The molecule has 0 amide bonds. The molecule has 0 saturated carbocycles. The molecule has 1 aromatic rings. The Labute approximate surface area is 83.6 Å². The molecule has 70 valence electrons. The highest BCUT2D eigenvalue weighted by molar-refractivity contribution is 5.79. The van der Waals surface area contributed by atoms with Crippen LogP contribution in [0.3, 0.4) is 0 Å². The van der Waals surface area contributed by atoms with E-state index in [0.29, 0.717) is 0 Å². The van der Waals surface area contributed by atoms with E-state index >= 15 is 0 Å². The Kier molecular flexibility index (Phi) is 1.89. The first-order valence-corrected chi connectivity index (χ1v) is 4.39. The van der Waals surface area contributed by atoms with Crippen LogP contribution in [0, 0.1) is 0 Å². The molecule has 0 atom stereocenters. The Bertz CT molecular complexity index is 430. The molecule has 14 heavy (non-hydrogen) atoms. The predicted octanol–water partition coefficient (Wildman–Crippen LogP) is 2.70. The van der Waals surface area contributed by atoms with Gasteiger partial charge in [0.05, 0.1) is 11.4 Å². The maximum Gasteiger partial charge on any atom is 0.0544 e. The third-order valence-electron chi connectivity index (χ3n) is 2.20. The van der Waals surface area contributed by atoms with E-state index in [4.69, 9.17) is 0 Å². The van der Waals surface area contributed by atoms with Crippen molar-refractivity contribution in [3.8, 4) is 0 Å². The molecule has 1 aliphatic heterocycles. The van der Waals surface area contributed by atoms with Crippen molar-refractivity contribution in [3.05, 3.63) is 61.0 Å². The summed E-state index contributed by atoms with van der Waals surface area (Å²) in [4.78, 5) is 0. The van der Waals surface area contributed by atoms with Gasteiger partial charge in [-0.1, -0.05) is 37.9 Å². The smallest absolute Gasteiger partial charge is 0.0544 e. The SMILES string of the molecule is C=C1NC(=C)c2ccccc2NC1=C. The number of anilines is 1. The summed E-state index contributed by atoms with van der Waals surface area (Å²) in [5.74, 6) is 0. The predicted molar refractivity (Wildman–Crippen MR) is 60.5 cm³/mol. The van der Waals surface area contributed by atoms with Crippen LogP contribution in [-0.2, 0) is 0 Å². The van der Waals surface area contributed by atoms with Crippen molar-refractivity contribution < 1.29 is 0 Å². The van der Waals surface area contributed by atoms with Crippen molar-refractivity contribution in [2.75, 3.05) is 5.32 Å². The summed E-state index contributed by atoms with van der Waals surface area (Å²) in [6.45, 7) is 11.7. The summed E-state index contributed by atoms with van der Waals surface area (Å²) in [5, 5.41) is 6.28. The molecule has 0 radical (unpaired) electrons. The van der Waals surface area contributed by atoms with Gasteiger partial charge in [0.25, 0.3) is 0 Å². The molecule has 2 nitrogen and oxygen atoms in total. The zero-order chi connectivity index (χ0) is 10.1. The Morgan fingerprint density at radius 1 is 0.786 bits per heavy atom. The fourth-order valence-electron chi connectivity index (χ4n) is 1.42. The number of rotatable bonds is 0. The summed E-state index contributed by atoms with van der Waals surface area (Å²) in [6.07, 6.45) is 0. The van der Waals surface area contributed by atoms with Crippen molar-refractivity contribution in [3.63, 3.8) is 0 Å². The van der Waals surface area contributed by atoms with Crippen LogP contribution in [0.15, 0.2) is 55.4 Å². The van der Waals surface area contributed by atoms with Gasteiger partial charge in [-0.05, 0) is 6.07 Å². The van der Waals surface area contributed by atoms with Gasteiger partial charge in [-0.25, -0.2) is 0 Å². The van der Waals surface area contributed by atoms with Crippen LogP contribution in [0.5, 0.6) is 0 Å². The Morgan fingerprint density at radius 2 is 1.43 bits per heavy atom. The van der Waals surface area contributed by atoms with E-state index in [9.17, 15) is 0 Å². The molecule has 0 aromatic heterocycles. The van der Waals surface area contributed by atoms with Crippen molar-refractivity contribution in [1.29, 1.82) is 0 Å². The standard InChI is InChI=1S/C12H12N2/c1-8-9(2)14-12-7-5-4-6-11(12)10(3)13-8/h4-7,13-14H,1-3H2. The first-order chi connectivity index (χ1) is 6.68. The fraction of sp³-hybridized carbons (Fsp3) is 0. The van der Waals surface area contributed by atoms with Crippen LogP contribution in [0.4, 0.5) is 5.69 Å². The van der Waals surface area contributed by atoms with Crippen molar-refractivity contribution in [2.24, 2.45) is 0 Å². The van der Waals surface area contributed by atoms with Crippen molar-refractivity contribution >= 4 is 11.4 Å². The minimum atomic E-state index is 0.756. The lowest BCUT2D eigenvalue weighted by Crippen LogP contribution is -2.10. The second kappa shape index (κ2) is 3.07. The molecule has 0 bridgehead atoms. The normalized spacial score (nSPS) is 15.3. The summed E-state index contributed by atoms with van der Waals surface area (Å²) >= 11 is 0. The minimum Gasteiger partial charge on any atom is -0.354 e. The van der Waals surface area contributed by atoms with E-state index in [0.717, 1.165) is 28.3 Å². The average molecular weight is 184 g/mol. The van der Waals surface area contributed by atoms with Gasteiger partial charge in [0.15, 0.2) is 0 Å². The van der Waals surface area contributed by atoms with Gasteiger partial charge in [-0.2, -0.15) is 0 Å². The highest BCUT2D eigenvalue weighted by atomic mass is 15.0. The molecular weight excluding hydrogens is 172 g/mol. The lowest BCUT2D eigenvalue weighted by atomic mass is 10.1. The molecule has 0 fully saturated rings. The van der Waals surface area contributed by atoms with E-state index in [1.807, 2.05) is 24.3 Å². The van der Waals surface area contributed by atoms with E-state index < -0.39 is 0 Å². The van der Waals surface area contributed by atoms with Gasteiger partial charge >= 0.3 is 0 Å². The molecule has 2 heteroatoms. The molecule has 2 rings (SSSR count). The highest BCUT2D eigenvalue weighted by Crippen LogP contribution is 2.27. The van der Waals surface area contributed by atoms with Crippen LogP contribution in [0.2, 0.25) is 0 Å². The minimum absolute atomic E-state index is 0.756. The molecule has 2 N–H and O–H groups in total.